The van der Waals surface area contributed by atoms with Gasteiger partial charge in [-0.2, -0.15) is 0 Å². The van der Waals surface area contributed by atoms with Crippen molar-refractivity contribution in [3.8, 4) is 11.5 Å². The molecule has 0 amide bonds. The minimum Gasteiger partial charge on any atom is -0.454 e. The SMILES string of the molecule is O=[N+]([O-])c1ccc(Oc2cc(Br)ccc2F)cc1CBr. The quantitative estimate of drug-likeness (QED) is 0.400. The number of rotatable bonds is 4. The Kier molecular flexibility index (Phi) is 4.72. The number of nitrogens with zero attached hydrogens (tertiary/aromatic N) is 1. The predicted molar refractivity (Wildman–Crippen MR) is 79.9 cm³/mol. The van der Waals surface area contributed by atoms with Crippen LogP contribution in [0.3, 0.4) is 0 Å². The van der Waals surface area contributed by atoms with Crippen molar-refractivity contribution in [2.24, 2.45) is 0 Å². The van der Waals surface area contributed by atoms with Crippen LogP contribution in [0.2, 0.25) is 0 Å². The topological polar surface area (TPSA) is 52.4 Å². The van der Waals surface area contributed by atoms with Crippen LogP contribution >= 0.6 is 31.9 Å². The second-order valence-electron chi connectivity index (χ2n) is 3.86. The van der Waals surface area contributed by atoms with E-state index in [0.717, 1.165) is 0 Å². The molecule has 4 nitrogen and oxygen atoms in total. The average Bonchev–Trinajstić information content (AvgIpc) is 2.42. The maximum atomic E-state index is 13.6. The lowest BCUT2D eigenvalue weighted by molar-refractivity contribution is -0.385. The summed E-state index contributed by atoms with van der Waals surface area (Å²) >= 11 is 6.41. The first-order valence-electron chi connectivity index (χ1n) is 5.47. The molecular formula is C13H8Br2FNO3. The van der Waals surface area contributed by atoms with Crippen LogP contribution in [0.15, 0.2) is 40.9 Å². The lowest BCUT2D eigenvalue weighted by atomic mass is 10.2. The second-order valence-corrected chi connectivity index (χ2v) is 5.33. The molecule has 0 N–H and O–H groups in total. The number of hydrogen-bond donors (Lipinski definition) is 0. The smallest absolute Gasteiger partial charge is 0.273 e. The molecule has 20 heavy (non-hydrogen) atoms. The Morgan fingerprint density at radius 1 is 1.25 bits per heavy atom. The van der Waals surface area contributed by atoms with Crippen molar-refractivity contribution < 1.29 is 14.1 Å². The zero-order chi connectivity index (χ0) is 14.7. The highest BCUT2D eigenvalue weighted by atomic mass is 79.9. The van der Waals surface area contributed by atoms with Crippen LogP contribution < -0.4 is 4.74 Å². The van der Waals surface area contributed by atoms with Crippen molar-refractivity contribution >= 4 is 37.5 Å². The number of halogens is 3. The largest absolute Gasteiger partial charge is 0.454 e. The summed E-state index contributed by atoms with van der Waals surface area (Å²) < 4.78 is 19.7. The fourth-order valence-corrected chi connectivity index (χ4v) is 2.38. The van der Waals surface area contributed by atoms with Crippen LogP contribution in [0.25, 0.3) is 0 Å². The minimum atomic E-state index is -0.507. The van der Waals surface area contributed by atoms with Gasteiger partial charge in [0.05, 0.1) is 4.92 Å². The highest BCUT2D eigenvalue weighted by Gasteiger charge is 2.14. The summed E-state index contributed by atoms with van der Waals surface area (Å²) in [6.45, 7) is 0. The standard InChI is InChI=1S/C13H8Br2FNO3/c14-7-8-5-10(2-4-12(8)17(18)19)20-13-6-9(15)1-3-11(13)16/h1-6H,7H2. The molecule has 0 aromatic heterocycles. The summed E-state index contributed by atoms with van der Waals surface area (Å²) in [4.78, 5) is 10.4. The van der Waals surface area contributed by atoms with E-state index in [1.165, 1.54) is 30.3 Å². The van der Waals surface area contributed by atoms with E-state index in [9.17, 15) is 14.5 Å². The zero-order valence-corrected chi connectivity index (χ0v) is 13.1. The molecule has 0 aliphatic rings. The summed E-state index contributed by atoms with van der Waals surface area (Å²) in [5.74, 6) is -0.122. The molecule has 2 rings (SSSR count). The van der Waals surface area contributed by atoms with E-state index < -0.39 is 10.7 Å². The molecule has 104 valence electrons. The molecule has 2 aromatic carbocycles. The number of alkyl halides is 1. The van der Waals surface area contributed by atoms with E-state index in [1.54, 1.807) is 6.07 Å². The van der Waals surface area contributed by atoms with Crippen LogP contribution in [0.1, 0.15) is 5.56 Å². The fourth-order valence-electron chi connectivity index (χ4n) is 1.59. The normalized spacial score (nSPS) is 10.3. The van der Waals surface area contributed by atoms with Crippen molar-refractivity contribution in [3.05, 3.63) is 62.4 Å². The summed E-state index contributed by atoms with van der Waals surface area (Å²) in [6, 6.07) is 8.60. The van der Waals surface area contributed by atoms with E-state index in [0.29, 0.717) is 21.1 Å². The Bertz CT molecular complexity index is 664. The zero-order valence-electron chi connectivity index (χ0n) is 9.98. The third-order valence-electron chi connectivity index (χ3n) is 2.51. The number of hydrogen-bond acceptors (Lipinski definition) is 3. The van der Waals surface area contributed by atoms with Crippen LogP contribution in [0, 0.1) is 15.9 Å². The summed E-state index contributed by atoms with van der Waals surface area (Å²) in [7, 11) is 0. The predicted octanol–water partition coefficient (Wildman–Crippen LogP) is 5.18. The van der Waals surface area contributed by atoms with Crippen LogP contribution in [0.4, 0.5) is 10.1 Å². The first kappa shape index (κ1) is 14.9. The molecule has 0 aliphatic carbocycles. The highest BCUT2D eigenvalue weighted by Crippen LogP contribution is 2.31. The molecule has 0 saturated carbocycles. The van der Waals surface area contributed by atoms with Gasteiger partial charge >= 0.3 is 0 Å². The molecule has 0 atom stereocenters. The van der Waals surface area contributed by atoms with E-state index in [2.05, 4.69) is 31.9 Å². The first-order valence-corrected chi connectivity index (χ1v) is 7.39. The molecule has 0 fully saturated rings. The summed E-state index contributed by atoms with van der Waals surface area (Å²) in [5, 5.41) is 11.1. The van der Waals surface area contributed by atoms with Crippen LogP contribution in [0.5, 0.6) is 11.5 Å². The first-order chi connectivity index (χ1) is 9.51. The van der Waals surface area contributed by atoms with Crippen molar-refractivity contribution in [1.29, 1.82) is 0 Å². The Balaban J connectivity index is 2.34. The third kappa shape index (κ3) is 3.34. The van der Waals surface area contributed by atoms with Gasteiger partial charge in [0.1, 0.15) is 5.75 Å². The molecule has 0 heterocycles. The highest BCUT2D eigenvalue weighted by molar-refractivity contribution is 9.10. The van der Waals surface area contributed by atoms with E-state index in [1.807, 2.05) is 0 Å². The Hall–Kier alpha value is -1.47. The van der Waals surface area contributed by atoms with Gasteiger partial charge in [0, 0.05) is 21.4 Å². The minimum absolute atomic E-state index is 0.0102. The van der Waals surface area contributed by atoms with Gasteiger partial charge in [-0.15, -0.1) is 0 Å². The van der Waals surface area contributed by atoms with Gasteiger partial charge < -0.3 is 4.74 Å². The van der Waals surface area contributed by atoms with E-state index >= 15 is 0 Å². The molecular weight excluding hydrogens is 397 g/mol. The van der Waals surface area contributed by atoms with Crippen LogP contribution in [-0.4, -0.2) is 4.92 Å². The molecule has 0 unspecified atom stereocenters. The monoisotopic (exact) mass is 403 g/mol. The average molecular weight is 405 g/mol. The molecule has 0 saturated heterocycles. The van der Waals surface area contributed by atoms with E-state index in [4.69, 9.17) is 4.74 Å². The van der Waals surface area contributed by atoms with Gasteiger partial charge in [-0.05, 0) is 30.3 Å². The molecule has 0 radical (unpaired) electrons. The van der Waals surface area contributed by atoms with Gasteiger partial charge in [-0.25, -0.2) is 4.39 Å². The van der Waals surface area contributed by atoms with Crippen molar-refractivity contribution in [2.75, 3.05) is 0 Å². The summed E-state index contributed by atoms with van der Waals surface area (Å²) in [6.07, 6.45) is 0. The van der Waals surface area contributed by atoms with Gasteiger partial charge in [-0.3, -0.25) is 10.1 Å². The van der Waals surface area contributed by atoms with E-state index in [-0.39, 0.29) is 11.4 Å². The molecule has 0 aliphatic heterocycles. The molecule has 0 spiro atoms. The Labute approximate surface area is 131 Å². The number of nitro benzene ring substituents is 1. The van der Waals surface area contributed by atoms with Crippen molar-refractivity contribution in [2.45, 2.75) is 5.33 Å². The molecule has 7 heteroatoms. The Morgan fingerprint density at radius 3 is 2.65 bits per heavy atom. The van der Waals surface area contributed by atoms with Crippen LogP contribution in [-0.2, 0) is 5.33 Å². The van der Waals surface area contributed by atoms with Gasteiger partial charge in [0.2, 0.25) is 0 Å². The molecule has 2 aromatic rings. The third-order valence-corrected chi connectivity index (χ3v) is 3.61. The fraction of sp³-hybridized carbons (Fsp3) is 0.0769. The van der Waals surface area contributed by atoms with Crippen molar-refractivity contribution in [1.82, 2.24) is 0 Å². The number of ether oxygens (including phenoxy) is 1. The second kappa shape index (κ2) is 6.32. The number of benzene rings is 2. The van der Waals surface area contributed by atoms with Crippen molar-refractivity contribution in [3.63, 3.8) is 0 Å². The Morgan fingerprint density at radius 2 is 2.00 bits per heavy atom. The van der Waals surface area contributed by atoms with Gasteiger partial charge in [0.15, 0.2) is 11.6 Å². The molecule has 0 bridgehead atoms. The lowest BCUT2D eigenvalue weighted by Gasteiger charge is -2.08. The lowest BCUT2D eigenvalue weighted by Crippen LogP contribution is -1.95. The maximum absolute atomic E-state index is 13.6. The number of nitro groups is 1. The van der Waals surface area contributed by atoms with Gasteiger partial charge in [0.25, 0.3) is 5.69 Å². The van der Waals surface area contributed by atoms with Gasteiger partial charge in [-0.1, -0.05) is 31.9 Å². The summed E-state index contributed by atoms with van der Waals surface area (Å²) in [5.41, 5.74) is 0.451. The maximum Gasteiger partial charge on any atom is 0.273 e.